The molecule has 5 rings (SSSR count). The van der Waals surface area contributed by atoms with Gasteiger partial charge in [0.2, 0.25) is 0 Å². The minimum absolute atomic E-state index is 0.635. The minimum atomic E-state index is 0.635. The van der Waals surface area contributed by atoms with Crippen LogP contribution in [0.1, 0.15) is 12.5 Å². The summed E-state index contributed by atoms with van der Waals surface area (Å²) in [6.07, 6.45) is 3.68. The minimum Gasteiger partial charge on any atom is -0.494 e. The van der Waals surface area contributed by atoms with Crippen LogP contribution in [-0.2, 0) is 0 Å². The van der Waals surface area contributed by atoms with Crippen LogP contribution in [0.4, 0.5) is 11.5 Å². The molecule has 6 heteroatoms. The lowest BCUT2D eigenvalue weighted by atomic mass is 10.1. The average Bonchev–Trinajstić information content (AvgIpc) is 3.24. The predicted octanol–water partition coefficient (Wildman–Crippen LogP) is 7.19. The Balaban J connectivity index is 1.67. The summed E-state index contributed by atoms with van der Waals surface area (Å²) < 4.78 is 7.62. The third-order valence-corrected chi connectivity index (χ3v) is 5.94. The van der Waals surface area contributed by atoms with Gasteiger partial charge in [0.15, 0.2) is 5.65 Å². The normalized spacial score (nSPS) is 11.0. The molecule has 1 N–H and O–H groups in total. The van der Waals surface area contributed by atoms with Crippen molar-refractivity contribution in [1.29, 1.82) is 0 Å². The third kappa shape index (κ3) is 4.15. The number of hydrogen-bond acceptors (Lipinski definition) is 4. The maximum atomic E-state index is 6.44. The molecule has 2 heterocycles. The molecule has 0 saturated heterocycles. The highest BCUT2D eigenvalue weighted by atomic mass is 35.5. The van der Waals surface area contributed by atoms with Gasteiger partial charge >= 0.3 is 0 Å². The molecule has 0 aliphatic rings. The van der Waals surface area contributed by atoms with E-state index < -0.39 is 0 Å². The van der Waals surface area contributed by atoms with Crippen molar-refractivity contribution in [2.75, 3.05) is 11.9 Å². The van der Waals surface area contributed by atoms with Crippen LogP contribution in [0.25, 0.3) is 27.8 Å². The van der Waals surface area contributed by atoms with E-state index in [-0.39, 0.29) is 0 Å². The van der Waals surface area contributed by atoms with E-state index in [2.05, 4.69) is 44.2 Å². The number of nitrogens with one attached hydrogen (secondary N) is 1. The Labute approximate surface area is 197 Å². The topological polar surface area (TPSA) is 52.0 Å². The summed E-state index contributed by atoms with van der Waals surface area (Å²) in [6.45, 7) is 4.60. The summed E-state index contributed by atoms with van der Waals surface area (Å²) >= 11 is 6.44. The van der Waals surface area contributed by atoms with Crippen LogP contribution in [-0.4, -0.2) is 21.1 Å². The van der Waals surface area contributed by atoms with E-state index in [9.17, 15) is 0 Å². The molecular formula is C27H23ClN4O. The largest absolute Gasteiger partial charge is 0.494 e. The summed E-state index contributed by atoms with van der Waals surface area (Å²) in [6, 6.07) is 24.2. The molecule has 164 valence electrons. The molecular weight excluding hydrogens is 432 g/mol. The van der Waals surface area contributed by atoms with E-state index in [0.29, 0.717) is 6.61 Å². The van der Waals surface area contributed by atoms with Gasteiger partial charge in [-0.1, -0.05) is 48.0 Å². The number of benzene rings is 3. The second-order valence-electron chi connectivity index (χ2n) is 7.72. The van der Waals surface area contributed by atoms with E-state index in [1.807, 2.05) is 68.4 Å². The van der Waals surface area contributed by atoms with Crippen molar-refractivity contribution in [3.63, 3.8) is 0 Å². The Morgan fingerprint density at radius 1 is 0.970 bits per heavy atom. The SMILES string of the molecule is CCOc1ccc(Nc2ncnc3c2c(-c2ccccc2)cn3-c2ccc(C)c(Cl)c2)cc1. The van der Waals surface area contributed by atoms with E-state index in [0.717, 1.165) is 55.7 Å². The Kier molecular flexibility index (Phi) is 5.71. The van der Waals surface area contributed by atoms with Gasteiger partial charge in [-0.05, 0) is 61.4 Å². The highest BCUT2D eigenvalue weighted by Gasteiger charge is 2.18. The van der Waals surface area contributed by atoms with Crippen molar-refractivity contribution in [2.45, 2.75) is 13.8 Å². The number of fused-ring (bicyclic) bond motifs is 1. The number of halogens is 1. The molecule has 0 unspecified atom stereocenters. The smallest absolute Gasteiger partial charge is 0.150 e. The molecule has 5 nitrogen and oxygen atoms in total. The zero-order valence-corrected chi connectivity index (χ0v) is 19.2. The molecule has 0 saturated carbocycles. The maximum Gasteiger partial charge on any atom is 0.150 e. The van der Waals surface area contributed by atoms with Crippen LogP contribution < -0.4 is 10.1 Å². The fourth-order valence-electron chi connectivity index (χ4n) is 3.86. The monoisotopic (exact) mass is 454 g/mol. The van der Waals surface area contributed by atoms with E-state index in [4.69, 9.17) is 16.3 Å². The van der Waals surface area contributed by atoms with Crippen molar-refractivity contribution in [3.05, 3.63) is 95.9 Å². The van der Waals surface area contributed by atoms with Gasteiger partial charge in [0.1, 0.15) is 17.9 Å². The lowest BCUT2D eigenvalue weighted by Crippen LogP contribution is -1.98. The summed E-state index contributed by atoms with van der Waals surface area (Å²) in [5, 5.41) is 5.12. The van der Waals surface area contributed by atoms with Crippen LogP contribution in [0.3, 0.4) is 0 Å². The van der Waals surface area contributed by atoms with E-state index in [1.54, 1.807) is 6.33 Å². The van der Waals surface area contributed by atoms with Crippen molar-refractivity contribution in [3.8, 4) is 22.6 Å². The van der Waals surface area contributed by atoms with Crippen LogP contribution >= 0.6 is 11.6 Å². The number of nitrogens with zero attached hydrogens (tertiary/aromatic N) is 3. The molecule has 0 aliphatic heterocycles. The first kappa shape index (κ1) is 21.0. The molecule has 0 aliphatic carbocycles. The Hall–Kier alpha value is -3.83. The highest BCUT2D eigenvalue weighted by Crippen LogP contribution is 2.37. The van der Waals surface area contributed by atoms with Crippen molar-refractivity contribution >= 4 is 34.1 Å². The number of ether oxygens (including phenoxy) is 1. The molecule has 0 radical (unpaired) electrons. The van der Waals surface area contributed by atoms with Crippen LogP contribution in [0.5, 0.6) is 5.75 Å². The van der Waals surface area contributed by atoms with Gasteiger partial charge in [-0.25, -0.2) is 9.97 Å². The Morgan fingerprint density at radius 3 is 2.48 bits per heavy atom. The standard InChI is InChI=1S/C27H23ClN4O/c1-3-33-22-13-10-20(11-14-22)31-26-25-23(19-7-5-4-6-8-19)16-32(27(25)30-17-29-26)21-12-9-18(2)24(28)15-21/h4-17H,3H2,1-2H3,(H,29,30,31). The molecule has 3 aromatic carbocycles. The van der Waals surface area contributed by atoms with Crippen molar-refractivity contribution in [2.24, 2.45) is 0 Å². The molecule has 0 fully saturated rings. The zero-order valence-electron chi connectivity index (χ0n) is 18.4. The number of anilines is 2. The predicted molar refractivity (Wildman–Crippen MR) is 135 cm³/mol. The molecule has 33 heavy (non-hydrogen) atoms. The first-order chi connectivity index (χ1) is 16.1. The first-order valence-electron chi connectivity index (χ1n) is 10.8. The number of aryl methyl sites for hydroxylation is 1. The molecule has 0 spiro atoms. The molecule has 0 amide bonds. The Morgan fingerprint density at radius 2 is 1.76 bits per heavy atom. The van der Waals surface area contributed by atoms with Gasteiger partial charge in [-0.15, -0.1) is 0 Å². The van der Waals surface area contributed by atoms with Crippen LogP contribution in [0, 0.1) is 6.92 Å². The zero-order chi connectivity index (χ0) is 22.8. The quantitative estimate of drug-likeness (QED) is 0.295. The van der Waals surface area contributed by atoms with E-state index >= 15 is 0 Å². The molecule has 0 atom stereocenters. The summed E-state index contributed by atoms with van der Waals surface area (Å²) in [4.78, 5) is 9.24. The van der Waals surface area contributed by atoms with Crippen molar-refractivity contribution < 1.29 is 4.74 Å². The number of rotatable bonds is 6. The first-order valence-corrected chi connectivity index (χ1v) is 11.2. The second kappa shape index (κ2) is 8.96. The summed E-state index contributed by atoms with van der Waals surface area (Å²) in [5.74, 6) is 1.57. The molecule has 0 bridgehead atoms. The average molecular weight is 455 g/mol. The Bertz CT molecular complexity index is 1410. The summed E-state index contributed by atoms with van der Waals surface area (Å²) in [7, 11) is 0. The van der Waals surface area contributed by atoms with Gasteiger partial charge in [-0.3, -0.25) is 0 Å². The fraction of sp³-hybridized carbons (Fsp3) is 0.111. The van der Waals surface area contributed by atoms with Crippen LogP contribution in [0.2, 0.25) is 5.02 Å². The van der Waals surface area contributed by atoms with Gasteiger partial charge < -0.3 is 14.6 Å². The summed E-state index contributed by atoms with van der Waals surface area (Å²) in [5.41, 5.74) is 5.83. The van der Waals surface area contributed by atoms with Gasteiger partial charge in [0.05, 0.1) is 12.0 Å². The van der Waals surface area contributed by atoms with Gasteiger partial charge in [0.25, 0.3) is 0 Å². The van der Waals surface area contributed by atoms with Crippen molar-refractivity contribution in [1.82, 2.24) is 14.5 Å². The number of aromatic nitrogens is 3. The lowest BCUT2D eigenvalue weighted by Gasteiger charge is -2.10. The van der Waals surface area contributed by atoms with Crippen LogP contribution in [0.15, 0.2) is 85.3 Å². The maximum absolute atomic E-state index is 6.44. The lowest BCUT2D eigenvalue weighted by molar-refractivity contribution is 0.340. The second-order valence-corrected chi connectivity index (χ2v) is 8.12. The molecule has 2 aromatic heterocycles. The third-order valence-electron chi connectivity index (χ3n) is 5.53. The highest BCUT2D eigenvalue weighted by molar-refractivity contribution is 6.31. The fourth-order valence-corrected chi connectivity index (χ4v) is 4.03. The molecule has 5 aromatic rings. The number of hydrogen-bond donors (Lipinski definition) is 1. The van der Waals surface area contributed by atoms with Gasteiger partial charge in [-0.2, -0.15) is 0 Å². The van der Waals surface area contributed by atoms with E-state index in [1.165, 1.54) is 0 Å². The van der Waals surface area contributed by atoms with Gasteiger partial charge in [0, 0.05) is 28.2 Å².